The lowest BCUT2D eigenvalue weighted by Crippen LogP contribution is -2.65. The molecule has 1 aliphatic rings. The van der Waals surface area contributed by atoms with E-state index in [2.05, 4.69) is 16.0 Å². The summed E-state index contributed by atoms with van der Waals surface area (Å²) in [4.78, 5) is 174. The van der Waals surface area contributed by atoms with Gasteiger partial charge < -0.3 is 59.8 Å². The van der Waals surface area contributed by atoms with Crippen molar-refractivity contribution in [3.05, 3.63) is 0 Å². The second-order valence-electron chi connectivity index (χ2n) is 31.0. The Bertz CT molecular complexity index is 2560. The van der Waals surface area contributed by atoms with E-state index >= 15 is 28.8 Å². The first kappa shape index (κ1) is 86.5. The van der Waals surface area contributed by atoms with Crippen LogP contribution in [0.2, 0.25) is 18.1 Å². The standard InChI is InChI=1S/C70H130N10O13Si/c1-30-32-50-65(88)75(22)52(36-41(5)6)61(84)73-56(44(11)12)68(91)76(23)51(35-40(3)4)60(83)71-48(17)55(82)39-47(16)63(86)77(24)53(37-42(7)8)66(89)78(25)54(38-43(9)10)67(90)79(26)57(45(13)14)69(92)80(27)58(62(85)72-49(31-2)64(87)74(50)21)59(46(15)33-34-81)93-94(28,29)70(18,19)20/h40-54,56-59,81H,30-39H2,1-29H3,(H,71,83)(H,72,85)(H,73,84)/t46-,47-,48-,49-,50-,51-,52+,53-,54-,56-,57-,58-,59-/m1/s1. The van der Waals surface area contributed by atoms with Crippen molar-refractivity contribution in [2.75, 3.05) is 55.9 Å². The summed E-state index contributed by atoms with van der Waals surface area (Å²) >= 11 is 0. The zero-order chi connectivity index (χ0) is 73.3. The molecule has 0 radical (unpaired) electrons. The number of hydrogen-bond donors (Lipinski definition) is 4. The minimum atomic E-state index is -2.87. The Morgan fingerprint density at radius 2 is 0.883 bits per heavy atom. The molecule has 1 rings (SSSR count). The van der Waals surface area contributed by atoms with Gasteiger partial charge in [-0.3, -0.25) is 52.7 Å². The second-order valence-corrected chi connectivity index (χ2v) is 35.8. The molecule has 0 saturated carbocycles. The molecular weight excluding hydrogens is 1220 g/mol. The van der Waals surface area contributed by atoms with Crippen LogP contribution in [-0.4, -0.2) is 235 Å². The van der Waals surface area contributed by atoms with Crippen LogP contribution in [0.5, 0.6) is 0 Å². The first-order chi connectivity index (χ1) is 43.1. The third-order valence-electron chi connectivity index (χ3n) is 19.3. The van der Waals surface area contributed by atoms with Crippen molar-refractivity contribution >= 4 is 73.2 Å². The lowest BCUT2D eigenvalue weighted by atomic mass is 9.91. The van der Waals surface area contributed by atoms with Gasteiger partial charge in [0.1, 0.15) is 54.4 Å². The highest BCUT2D eigenvalue weighted by Crippen LogP contribution is 2.40. The maximum Gasteiger partial charge on any atom is 0.246 e. The normalized spacial score (nSPS) is 26.7. The Labute approximate surface area is 567 Å². The van der Waals surface area contributed by atoms with E-state index in [9.17, 15) is 29.1 Å². The molecule has 23 nitrogen and oxygen atoms in total. The van der Waals surface area contributed by atoms with E-state index < -0.39 is 168 Å². The molecule has 1 heterocycles. The number of ketones is 1. The quantitative estimate of drug-likeness (QED) is 0.0952. The van der Waals surface area contributed by atoms with Gasteiger partial charge in [0.15, 0.2) is 14.1 Å². The summed E-state index contributed by atoms with van der Waals surface area (Å²) in [6, 6.07) is -12.0. The van der Waals surface area contributed by atoms with E-state index in [1.807, 2.05) is 103 Å². The molecule has 13 atom stereocenters. The van der Waals surface area contributed by atoms with Crippen molar-refractivity contribution < 1.29 is 62.3 Å². The summed E-state index contributed by atoms with van der Waals surface area (Å²) in [7, 11) is 7.50. The Kier molecular flexibility index (Phi) is 34.9. The number of aliphatic hydroxyl groups is 1. The van der Waals surface area contributed by atoms with E-state index in [0.717, 1.165) is 0 Å². The number of aliphatic hydroxyl groups excluding tert-OH is 1. The number of Topliss-reactive ketones (excluding diaryl/α,β-unsaturated/α-hetero) is 1. The van der Waals surface area contributed by atoms with Crippen LogP contribution in [-0.2, 0) is 57.2 Å². The minimum absolute atomic E-state index is 0.0345. The van der Waals surface area contributed by atoms with Gasteiger partial charge in [-0.05, 0) is 111 Å². The minimum Gasteiger partial charge on any atom is -0.411 e. The zero-order valence-electron chi connectivity index (χ0n) is 63.5. The van der Waals surface area contributed by atoms with E-state index in [0.29, 0.717) is 6.42 Å². The van der Waals surface area contributed by atoms with Crippen LogP contribution in [0.1, 0.15) is 196 Å². The van der Waals surface area contributed by atoms with Gasteiger partial charge in [-0.1, -0.05) is 138 Å². The number of hydrogen-bond acceptors (Lipinski definition) is 13. The number of nitrogens with one attached hydrogen (secondary N) is 3. The van der Waals surface area contributed by atoms with Gasteiger partial charge in [-0.2, -0.15) is 0 Å². The lowest BCUT2D eigenvalue weighted by molar-refractivity contribution is -0.157. The van der Waals surface area contributed by atoms with Gasteiger partial charge in [-0.15, -0.1) is 0 Å². The molecule has 1 fully saturated rings. The molecule has 24 heteroatoms. The lowest BCUT2D eigenvalue weighted by Gasteiger charge is -2.46. The van der Waals surface area contributed by atoms with Gasteiger partial charge in [-0.25, -0.2) is 0 Å². The molecular formula is C70H130N10O13Si. The summed E-state index contributed by atoms with van der Waals surface area (Å²) in [6.07, 6.45) is 0.0615. The van der Waals surface area contributed by atoms with Crippen molar-refractivity contribution in [1.82, 2.24) is 50.2 Å². The third kappa shape index (κ3) is 23.4. The molecule has 10 amide bonds. The smallest absolute Gasteiger partial charge is 0.246 e. The Morgan fingerprint density at radius 3 is 1.30 bits per heavy atom. The van der Waals surface area contributed by atoms with E-state index in [1.54, 1.807) is 41.5 Å². The predicted octanol–water partition coefficient (Wildman–Crippen LogP) is 6.97. The van der Waals surface area contributed by atoms with Crippen LogP contribution in [0.4, 0.5) is 0 Å². The molecule has 0 unspecified atom stereocenters. The van der Waals surface area contributed by atoms with Crippen LogP contribution in [0.15, 0.2) is 0 Å². The Hall–Kier alpha value is -5.49. The number of carbonyl (C=O) groups is 11. The van der Waals surface area contributed by atoms with E-state index in [1.165, 1.54) is 90.6 Å². The summed E-state index contributed by atoms with van der Waals surface area (Å²) < 4.78 is 7.19. The Morgan fingerprint density at radius 1 is 0.489 bits per heavy atom. The van der Waals surface area contributed by atoms with Crippen molar-refractivity contribution in [2.45, 2.75) is 281 Å². The molecule has 1 saturated heterocycles. The summed E-state index contributed by atoms with van der Waals surface area (Å²) in [5.74, 6) is -9.82. The second kappa shape index (κ2) is 37.9. The molecule has 0 aromatic heterocycles. The fourth-order valence-corrected chi connectivity index (χ4v) is 13.6. The maximum atomic E-state index is 15.8. The fraction of sp³-hybridized carbons (Fsp3) is 0.843. The van der Waals surface area contributed by atoms with Gasteiger partial charge in [0.2, 0.25) is 59.1 Å². The predicted molar refractivity (Wildman–Crippen MR) is 372 cm³/mol. The van der Waals surface area contributed by atoms with Crippen molar-refractivity contribution in [3.63, 3.8) is 0 Å². The largest absolute Gasteiger partial charge is 0.411 e. The maximum absolute atomic E-state index is 15.8. The molecule has 0 spiro atoms. The summed E-state index contributed by atoms with van der Waals surface area (Å²) in [6.45, 7) is 40.5. The van der Waals surface area contributed by atoms with Crippen LogP contribution < -0.4 is 16.0 Å². The SMILES string of the molecule is CCC[C@@H]1C(=O)N(C)[C@@H](CC(C)C)C(=O)N[C@H](C(C)C)C(=O)N(C)[C@H](CC(C)C)C(=O)N[C@H](C)C(=O)C[C@@H](C)C(=O)N(C)[C@H](CC(C)C)C(=O)N(C)[C@H](CC(C)C)C(=O)N(C)[C@H](C(C)C)C(=O)N(C)[C@H]([C@H](O[Si](C)(C)C(C)(C)C)[C@H](C)CCO)C(=O)N[C@H](CC)C(=O)N1C. The number of amides is 10. The molecule has 0 aliphatic carbocycles. The summed E-state index contributed by atoms with van der Waals surface area (Å²) in [5.41, 5.74) is 0. The molecule has 542 valence electrons. The van der Waals surface area contributed by atoms with E-state index in [4.69, 9.17) is 4.43 Å². The number of nitrogens with zero attached hydrogens (tertiary/aromatic N) is 7. The van der Waals surface area contributed by atoms with Crippen LogP contribution >= 0.6 is 0 Å². The molecule has 94 heavy (non-hydrogen) atoms. The van der Waals surface area contributed by atoms with E-state index in [-0.39, 0.29) is 81.6 Å². The fourth-order valence-electron chi connectivity index (χ4n) is 12.2. The monoisotopic (exact) mass is 1350 g/mol. The molecule has 0 aromatic rings. The number of rotatable bonds is 19. The molecule has 4 N–H and O–H groups in total. The van der Waals surface area contributed by atoms with Gasteiger partial charge in [0, 0.05) is 68.3 Å². The van der Waals surface area contributed by atoms with Crippen LogP contribution in [0.3, 0.4) is 0 Å². The first-order valence-corrected chi connectivity index (χ1v) is 37.6. The summed E-state index contributed by atoms with van der Waals surface area (Å²) in [5, 5.41) is 18.8. The highest BCUT2D eigenvalue weighted by atomic mass is 28.4. The molecule has 0 bridgehead atoms. The van der Waals surface area contributed by atoms with Gasteiger partial charge >= 0.3 is 0 Å². The zero-order valence-corrected chi connectivity index (χ0v) is 64.5. The number of carbonyl (C=O) groups excluding carboxylic acids is 11. The number of likely N-dealkylation sites (N-methyl/N-ethyl adjacent to an activating group) is 7. The van der Waals surface area contributed by atoms with Crippen molar-refractivity contribution in [1.29, 1.82) is 0 Å². The highest BCUT2D eigenvalue weighted by molar-refractivity contribution is 6.74. The average molecular weight is 1350 g/mol. The topological polar surface area (TPSA) is 276 Å². The van der Waals surface area contributed by atoms with Crippen LogP contribution in [0.25, 0.3) is 0 Å². The van der Waals surface area contributed by atoms with Gasteiger partial charge in [0.25, 0.3) is 0 Å². The molecule has 1 aliphatic heterocycles. The third-order valence-corrected chi connectivity index (χ3v) is 23.8. The first-order valence-electron chi connectivity index (χ1n) is 34.7. The van der Waals surface area contributed by atoms with Crippen LogP contribution in [0, 0.1) is 47.3 Å². The highest BCUT2D eigenvalue weighted by Gasteiger charge is 2.50. The van der Waals surface area contributed by atoms with Crippen molar-refractivity contribution in [3.8, 4) is 0 Å². The van der Waals surface area contributed by atoms with Gasteiger partial charge in [0.05, 0.1) is 12.1 Å². The Balaban J connectivity index is 4.66. The van der Waals surface area contributed by atoms with Crippen molar-refractivity contribution in [2.24, 2.45) is 47.3 Å². The average Bonchev–Trinajstić information content (AvgIpc) is 0.792. The molecule has 0 aromatic carbocycles.